The van der Waals surface area contributed by atoms with Gasteiger partial charge in [-0.3, -0.25) is 19.3 Å². The highest BCUT2D eigenvalue weighted by atomic mass is 32.1. The maximum atomic E-state index is 13.1. The molecule has 1 aliphatic carbocycles. The molecule has 180 valence electrons. The van der Waals surface area contributed by atoms with E-state index in [2.05, 4.69) is 10.6 Å². The fraction of sp³-hybridized carbons (Fsp3) is 0.591. The summed E-state index contributed by atoms with van der Waals surface area (Å²) in [5, 5.41) is 5.57. The van der Waals surface area contributed by atoms with Crippen LogP contribution in [-0.2, 0) is 14.3 Å². The van der Waals surface area contributed by atoms with E-state index in [1.54, 1.807) is 27.9 Å². The number of amides is 5. The molecule has 2 N–H and O–H groups in total. The van der Waals surface area contributed by atoms with E-state index in [1.807, 2.05) is 6.92 Å². The second kappa shape index (κ2) is 9.50. The molecule has 11 heteroatoms. The molecule has 1 saturated carbocycles. The second-order valence-corrected chi connectivity index (χ2v) is 9.69. The summed E-state index contributed by atoms with van der Waals surface area (Å²) in [4.78, 5) is 66.2. The Morgan fingerprint density at radius 1 is 1.27 bits per heavy atom. The van der Waals surface area contributed by atoms with Gasteiger partial charge in [-0.2, -0.15) is 0 Å². The maximum absolute atomic E-state index is 13.1. The lowest BCUT2D eigenvalue weighted by molar-refractivity contribution is -0.136. The van der Waals surface area contributed by atoms with Crippen molar-refractivity contribution in [3.63, 3.8) is 0 Å². The molecule has 1 aromatic heterocycles. The predicted octanol–water partition coefficient (Wildman–Crippen LogP) is 2.37. The highest BCUT2D eigenvalue weighted by Gasteiger charge is 2.55. The SMILES string of the molecule is CCOC(=O)c1c(NC(=O)CN2C(=O)N[C@@]3(CCCC[C@@H]3C)C2=O)sc(C(=O)N(C)C)c1C. The number of urea groups is 1. The number of imide groups is 1. The van der Waals surface area contributed by atoms with Gasteiger partial charge in [-0.05, 0) is 38.2 Å². The number of esters is 1. The van der Waals surface area contributed by atoms with Gasteiger partial charge in [0.2, 0.25) is 5.91 Å². The standard InChI is InChI=1S/C22H30N4O6S/c1-6-32-19(29)15-13(3)16(18(28)25(4)5)33-17(15)23-14(27)11-26-20(30)22(24-21(26)31)10-8-7-9-12(22)2/h12H,6-11H2,1-5H3,(H,23,27)(H,24,31)/t12-,22+/m0/s1. The van der Waals surface area contributed by atoms with Crippen LogP contribution in [0.15, 0.2) is 0 Å². The van der Waals surface area contributed by atoms with Crippen molar-refractivity contribution in [2.24, 2.45) is 5.92 Å². The Morgan fingerprint density at radius 3 is 2.58 bits per heavy atom. The third-order valence-electron chi connectivity index (χ3n) is 6.28. The first-order chi connectivity index (χ1) is 15.5. The number of thiophene rings is 1. The van der Waals surface area contributed by atoms with Crippen LogP contribution in [0, 0.1) is 12.8 Å². The van der Waals surface area contributed by atoms with Gasteiger partial charge >= 0.3 is 12.0 Å². The summed E-state index contributed by atoms with van der Waals surface area (Å²) in [5.41, 5.74) is -0.469. The Labute approximate surface area is 196 Å². The molecule has 1 aliphatic heterocycles. The van der Waals surface area contributed by atoms with Gasteiger partial charge in [-0.1, -0.05) is 19.8 Å². The van der Waals surface area contributed by atoms with Crippen molar-refractivity contribution in [1.29, 1.82) is 0 Å². The lowest BCUT2D eigenvalue weighted by Crippen LogP contribution is -2.54. The van der Waals surface area contributed by atoms with E-state index in [4.69, 9.17) is 4.74 Å². The van der Waals surface area contributed by atoms with Crippen LogP contribution in [0.4, 0.5) is 9.80 Å². The lowest BCUT2D eigenvalue weighted by atomic mass is 9.73. The quantitative estimate of drug-likeness (QED) is 0.478. The summed E-state index contributed by atoms with van der Waals surface area (Å²) >= 11 is 0.959. The van der Waals surface area contributed by atoms with Gasteiger partial charge in [0.15, 0.2) is 0 Å². The molecule has 3 rings (SSSR count). The molecule has 1 spiro atoms. The summed E-state index contributed by atoms with van der Waals surface area (Å²) in [7, 11) is 3.17. The molecule has 2 atom stereocenters. The van der Waals surface area contributed by atoms with Crippen molar-refractivity contribution >= 4 is 46.1 Å². The minimum absolute atomic E-state index is 0.0225. The number of anilines is 1. The molecule has 1 aromatic rings. The molecule has 33 heavy (non-hydrogen) atoms. The van der Waals surface area contributed by atoms with Crippen molar-refractivity contribution in [2.45, 2.75) is 52.0 Å². The zero-order valence-electron chi connectivity index (χ0n) is 19.6. The fourth-order valence-electron chi connectivity index (χ4n) is 4.41. The number of nitrogens with one attached hydrogen (secondary N) is 2. The summed E-state index contributed by atoms with van der Waals surface area (Å²) in [6.07, 6.45) is 3.20. The van der Waals surface area contributed by atoms with Crippen LogP contribution in [0.25, 0.3) is 0 Å². The van der Waals surface area contributed by atoms with Gasteiger partial charge in [0, 0.05) is 14.1 Å². The molecule has 10 nitrogen and oxygen atoms in total. The van der Waals surface area contributed by atoms with Crippen LogP contribution in [0.2, 0.25) is 0 Å². The lowest BCUT2D eigenvalue weighted by Gasteiger charge is -2.36. The topological polar surface area (TPSA) is 125 Å². The molecule has 2 heterocycles. The van der Waals surface area contributed by atoms with E-state index in [0.717, 1.165) is 35.5 Å². The summed E-state index contributed by atoms with van der Waals surface area (Å²) in [5.74, 6) is -2.04. The first-order valence-electron chi connectivity index (χ1n) is 11.0. The van der Waals surface area contributed by atoms with E-state index in [-0.39, 0.29) is 29.0 Å². The minimum atomic E-state index is -0.962. The van der Waals surface area contributed by atoms with Gasteiger partial charge in [-0.15, -0.1) is 11.3 Å². The van der Waals surface area contributed by atoms with Crippen LogP contribution < -0.4 is 10.6 Å². The molecule has 1 saturated heterocycles. The van der Waals surface area contributed by atoms with E-state index in [1.165, 1.54) is 4.90 Å². The highest BCUT2D eigenvalue weighted by molar-refractivity contribution is 7.18. The zero-order valence-corrected chi connectivity index (χ0v) is 20.4. The summed E-state index contributed by atoms with van der Waals surface area (Å²) in [6, 6.07) is -0.597. The van der Waals surface area contributed by atoms with E-state index in [0.29, 0.717) is 16.9 Å². The Morgan fingerprint density at radius 2 is 1.97 bits per heavy atom. The molecule has 0 radical (unpaired) electrons. The van der Waals surface area contributed by atoms with Crippen LogP contribution in [-0.4, -0.2) is 72.3 Å². The van der Waals surface area contributed by atoms with E-state index < -0.39 is 35.9 Å². The zero-order chi connectivity index (χ0) is 24.5. The molecular formula is C22H30N4O6S. The maximum Gasteiger partial charge on any atom is 0.341 e. The fourth-order valence-corrected chi connectivity index (χ4v) is 5.64. The Hall–Kier alpha value is -2.95. The third-order valence-corrected chi connectivity index (χ3v) is 7.48. The molecule has 2 fully saturated rings. The first kappa shape index (κ1) is 24.7. The monoisotopic (exact) mass is 478 g/mol. The number of carbonyl (C=O) groups is 5. The van der Waals surface area contributed by atoms with Crippen molar-refractivity contribution in [3.8, 4) is 0 Å². The average Bonchev–Trinajstić information content (AvgIpc) is 3.19. The van der Waals surface area contributed by atoms with Crippen molar-refractivity contribution in [2.75, 3.05) is 32.6 Å². The third kappa shape index (κ3) is 4.46. The van der Waals surface area contributed by atoms with Crippen molar-refractivity contribution in [3.05, 3.63) is 16.0 Å². The number of hydrogen-bond acceptors (Lipinski definition) is 7. The smallest absolute Gasteiger partial charge is 0.341 e. The molecule has 2 aliphatic rings. The number of carbonyl (C=O) groups excluding carboxylic acids is 5. The minimum Gasteiger partial charge on any atom is -0.462 e. The van der Waals surface area contributed by atoms with Gasteiger partial charge in [0.25, 0.3) is 11.8 Å². The van der Waals surface area contributed by atoms with Gasteiger partial charge in [-0.25, -0.2) is 9.59 Å². The molecule has 0 unspecified atom stereocenters. The molecule has 0 aromatic carbocycles. The van der Waals surface area contributed by atoms with Crippen molar-refractivity contribution < 1.29 is 28.7 Å². The Kier molecular flexibility index (Phi) is 7.11. The highest BCUT2D eigenvalue weighted by Crippen LogP contribution is 2.38. The van der Waals surface area contributed by atoms with Crippen LogP contribution in [0.1, 0.15) is 65.1 Å². The molecule has 0 bridgehead atoms. The Balaban J connectivity index is 1.83. The molecule has 5 amide bonds. The Bertz CT molecular complexity index is 1000. The van der Waals surface area contributed by atoms with Crippen LogP contribution in [0.5, 0.6) is 0 Å². The summed E-state index contributed by atoms with van der Waals surface area (Å²) < 4.78 is 5.10. The van der Waals surface area contributed by atoms with E-state index in [9.17, 15) is 24.0 Å². The van der Waals surface area contributed by atoms with Crippen molar-refractivity contribution in [1.82, 2.24) is 15.1 Å². The largest absolute Gasteiger partial charge is 0.462 e. The first-order valence-corrected chi connectivity index (χ1v) is 11.8. The number of rotatable bonds is 6. The molecular weight excluding hydrogens is 448 g/mol. The average molecular weight is 479 g/mol. The van der Waals surface area contributed by atoms with Gasteiger partial charge in [0.1, 0.15) is 17.1 Å². The van der Waals surface area contributed by atoms with E-state index >= 15 is 0 Å². The number of ether oxygens (including phenoxy) is 1. The second-order valence-electron chi connectivity index (χ2n) is 8.67. The normalized spacial score (nSPS) is 22.3. The number of hydrogen-bond donors (Lipinski definition) is 2. The van der Waals surface area contributed by atoms with Gasteiger partial charge < -0.3 is 20.3 Å². The van der Waals surface area contributed by atoms with Gasteiger partial charge in [0.05, 0.1) is 17.0 Å². The summed E-state index contributed by atoms with van der Waals surface area (Å²) in [6.45, 7) is 4.84. The number of nitrogens with zero attached hydrogens (tertiary/aromatic N) is 2. The predicted molar refractivity (Wildman–Crippen MR) is 122 cm³/mol. The van der Waals surface area contributed by atoms with Crippen LogP contribution in [0.3, 0.4) is 0 Å². The van der Waals surface area contributed by atoms with Crippen LogP contribution >= 0.6 is 11.3 Å².